The van der Waals surface area contributed by atoms with E-state index in [1.54, 1.807) is 7.11 Å². The molecule has 0 bridgehead atoms. The highest BCUT2D eigenvalue weighted by molar-refractivity contribution is 5.92. The predicted octanol–water partition coefficient (Wildman–Crippen LogP) is 2.16. The van der Waals surface area contributed by atoms with Gasteiger partial charge in [0.15, 0.2) is 0 Å². The zero-order valence-corrected chi connectivity index (χ0v) is 11.9. The summed E-state index contributed by atoms with van der Waals surface area (Å²) in [5.41, 5.74) is 0.892. The Morgan fingerprint density at radius 1 is 1.20 bits per heavy atom. The van der Waals surface area contributed by atoms with Crippen molar-refractivity contribution in [2.24, 2.45) is 0 Å². The number of amides is 2. The summed E-state index contributed by atoms with van der Waals surface area (Å²) in [4.78, 5) is 22.5. The van der Waals surface area contributed by atoms with Gasteiger partial charge in [-0.1, -0.05) is 6.92 Å². The monoisotopic (exact) mass is 280 g/mol. The van der Waals surface area contributed by atoms with Gasteiger partial charge in [-0.25, -0.2) is 4.79 Å². The summed E-state index contributed by atoms with van der Waals surface area (Å²) in [6.07, 6.45) is 0.201. The molecule has 1 rings (SSSR count). The number of imide groups is 1. The minimum Gasteiger partial charge on any atom is -0.497 e. The van der Waals surface area contributed by atoms with E-state index in [1.165, 1.54) is 7.11 Å². The van der Waals surface area contributed by atoms with Gasteiger partial charge in [0.1, 0.15) is 5.75 Å². The van der Waals surface area contributed by atoms with Crippen LogP contribution in [0.4, 0.5) is 10.5 Å². The van der Waals surface area contributed by atoms with Crippen LogP contribution in [0.5, 0.6) is 5.75 Å². The van der Waals surface area contributed by atoms with Crippen LogP contribution < -0.4 is 15.4 Å². The molecule has 0 aromatic heterocycles. The number of carbonyl (C=O) groups excluding carboxylic acids is 2. The first-order valence-electron chi connectivity index (χ1n) is 6.37. The minimum atomic E-state index is -0.741. The molecule has 0 spiro atoms. The molecule has 0 heterocycles. The molecule has 1 aromatic rings. The number of hydrogen-bond acceptors (Lipinski definition) is 5. The van der Waals surface area contributed by atoms with Crippen LogP contribution in [0.1, 0.15) is 19.8 Å². The molecule has 0 fully saturated rings. The molecule has 0 aliphatic carbocycles. The summed E-state index contributed by atoms with van der Waals surface area (Å²) in [7, 11) is 2.82. The van der Waals surface area contributed by atoms with Crippen molar-refractivity contribution in [2.45, 2.75) is 25.8 Å². The van der Waals surface area contributed by atoms with E-state index >= 15 is 0 Å². The van der Waals surface area contributed by atoms with E-state index in [0.29, 0.717) is 0 Å². The number of hydrogen-bond donors (Lipinski definition) is 2. The van der Waals surface area contributed by atoms with E-state index in [2.05, 4.69) is 15.4 Å². The topological polar surface area (TPSA) is 76.7 Å². The molecule has 0 radical (unpaired) electrons. The lowest BCUT2D eigenvalue weighted by Crippen LogP contribution is -2.34. The lowest BCUT2D eigenvalue weighted by atomic mass is 10.1. The molecule has 2 amide bonds. The fraction of sp³-hybridized carbons (Fsp3) is 0.429. The van der Waals surface area contributed by atoms with E-state index < -0.39 is 6.09 Å². The molecule has 1 atom stereocenters. The van der Waals surface area contributed by atoms with Crippen LogP contribution in [0.25, 0.3) is 0 Å². The van der Waals surface area contributed by atoms with Crippen molar-refractivity contribution in [2.75, 3.05) is 19.5 Å². The standard InChI is InChI=1S/C14H20N2O4/c1-4-10(9-13(17)16-14(18)20-3)15-11-5-7-12(19-2)8-6-11/h5-8,10,15H,4,9H2,1-3H3,(H,16,17,18)/t10-/m1/s1. The Bertz CT molecular complexity index is 445. The lowest BCUT2D eigenvalue weighted by Gasteiger charge is -2.17. The second-order valence-corrected chi connectivity index (χ2v) is 4.22. The SMILES string of the molecule is CC[C@H](CC(=O)NC(=O)OC)Nc1ccc(OC)cc1. The van der Waals surface area contributed by atoms with Crippen LogP contribution in [-0.2, 0) is 9.53 Å². The lowest BCUT2D eigenvalue weighted by molar-refractivity contribution is -0.120. The largest absolute Gasteiger partial charge is 0.497 e. The van der Waals surface area contributed by atoms with Crippen molar-refractivity contribution in [3.63, 3.8) is 0 Å². The third kappa shape index (κ3) is 5.17. The van der Waals surface area contributed by atoms with Crippen LogP contribution in [0.2, 0.25) is 0 Å². The van der Waals surface area contributed by atoms with Crippen molar-refractivity contribution in [3.05, 3.63) is 24.3 Å². The Labute approximate surface area is 118 Å². The average Bonchev–Trinajstić information content (AvgIpc) is 2.47. The fourth-order valence-electron chi connectivity index (χ4n) is 1.66. The van der Waals surface area contributed by atoms with Crippen molar-refractivity contribution < 1.29 is 19.1 Å². The van der Waals surface area contributed by atoms with Crippen molar-refractivity contribution in [3.8, 4) is 5.75 Å². The zero-order valence-electron chi connectivity index (χ0n) is 11.9. The molecule has 2 N–H and O–H groups in total. The second-order valence-electron chi connectivity index (χ2n) is 4.22. The summed E-state index contributed by atoms with van der Waals surface area (Å²) in [6.45, 7) is 1.96. The second kappa shape index (κ2) is 8.04. The van der Waals surface area contributed by atoms with E-state index in [1.807, 2.05) is 31.2 Å². The third-order valence-corrected chi connectivity index (χ3v) is 2.81. The van der Waals surface area contributed by atoms with Crippen molar-refractivity contribution in [1.29, 1.82) is 0 Å². The first-order valence-corrected chi connectivity index (χ1v) is 6.37. The Morgan fingerprint density at radius 2 is 1.85 bits per heavy atom. The van der Waals surface area contributed by atoms with Gasteiger partial charge >= 0.3 is 6.09 Å². The summed E-state index contributed by atoms with van der Waals surface area (Å²) in [6, 6.07) is 7.36. The van der Waals surface area contributed by atoms with E-state index in [9.17, 15) is 9.59 Å². The smallest absolute Gasteiger partial charge is 0.413 e. The van der Waals surface area contributed by atoms with Gasteiger partial charge in [-0.2, -0.15) is 0 Å². The number of nitrogens with one attached hydrogen (secondary N) is 2. The van der Waals surface area contributed by atoms with Crippen LogP contribution in [0.3, 0.4) is 0 Å². The quantitative estimate of drug-likeness (QED) is 0.835. The highest BCUT2D eigenvalue weighted by atomic mass is 16.5. The van der Waals surface area contributed by atoms with Gasteiger partial charge < -0.3 is 14.8 Å². The maximum atomic E-state index is 11.6. The summed E-state index contributed by atoms with van der Waals surface area (Å²) in [5.74, 6) is 0.400. The van der Waals surface area contributed by atoms with Crippen molar-refractivity contribution >= 4 is 17.7 Å². The van der Waals surface area contributed by atoms with Crippen LogP contribution in [-0.4, -0.2) is 32.3 Å². The van der Waals surface area contributed by atoms with Gasteiger partial charge in [0.05, 0.1) is 14.2 Å². The summed E-state index contributed by atoms with van der Waals surface area (Å²) >= 11 is 0. The highest BCUT2D eigenvalue weighted by Crippen LogP contribution is 2.17. The molecule has 20 heavy (non-hydrogen) atoms. The number of alkyl carbamates (subject to hydrolysis) is 1. The number of anilines is 1. The number of ether oxygens (including phenoxy) is 2. The Morgan fingerprint density at radius 3 is 2.35 bits per heavy atom. The predicted molar refractivity (Wildman–Crippen MR) is 75.9 cm³/mol. The fourth-order valence-corrected chi connectivity index (χ4v) is 1.66. The van der Waals surface area contributed by atoms with Crippen LogP contribution >= 0.6 is 0 Å². The van der Waals surface area contributed by atoms with Gasteiger partial charge in [-0.15, -0.1) is 0 Å². The van der Waals surface area contributed by atoms with E-state index in [-0.39, 0.29) is 18.4 Å². The zero-order chi connectivity index (χ0) is 15.0. The summed E-state index contributed by atoms with van der Waals surface area (Å²) in [5, 5.41) is 5.37. The molecule has 0 unspecified atom stereocenters. The number of benzene rings is 1. The van der Waals surface area contributed by atoms with E-state index in [0.717, 1.165) is 17.9 Å². The maximum absolute atomic E-state index is 11.6. The molecular weight excluding hydrogens is 260 g/mol. The van der Waals surface area contributed by atoms with Gasteiger partial charge in [0, 0.05) is 18.2 Å². The Kier molecular flexibility index (Phi) is 6.36. The molecule has 110 valence electrons. The average molecular weight is 280 g/mol. The van der Waals surface area contributed by atoms with E-state index in [4.69, 9.17) is 4.74 Å². The van der Waals surface area contributed by atoms with Crippen LogP contribution in [0, 0.1) is 0 Å². The molecule has 0 aliphatic rings. The molecule has 1 aromatic carbocycles. The molecule has 0 saturated heterocycles. The normalized spacial score (nSPS) is 11.3. The van der Waals surface area contributed by atoms with Gasteiger partial charge in [-0.05, 0) is 30.7 Å². The highest BCUT2D eigenvalue weighted by Gasteiger charge is 2.14. The molecule has 0 aliphatic heterocycles. The minimum absolute atomic E-state index is 0.0620. The Balaban J connectivity index is 2.53. The number of carbonyl (C=O) groups is 2. The molecular formula is C14H20N2O4. The molecule has 6 heteroatoms. The maximum Gasteiger partial charge on any atom is 0.413 e. The third-order valence-electron chi connectivity index (χ3n) is 2.81. The Hall–Kier alpha value is -2.24. The van der Waals surface area contributed by atoms with Crippen LogP contribution in [0.15, 0.2) is 24.3 Å². The van der Waals surface area contributed by atoms with Crippen molar-refractivity contribution in [1.82, 2.24) is 5.32 Å². The molecule has 0 saturated carbocycles. The van der Waals surface area contributed by atoms with Gasteiger partial charge in [0.2, 0.25) is 5.91 Å². The van der Waals surface area contributed by atoms with Gasteiger partial charge in [-0.3, -0.25) is 10.1 Å². The first-order chi connectivity index (χ1) is 9.58. The molecule has 6 nitrogen and oxygen atoms in total. The number of methoxy groups -OCH3 is 2. The number of rotatable bonds is 6. The summed E-state index contributed by atoms with van der Waals surface area (Å²) < 4.78 is 9.45. The van der Waals surface area contributed by atoms with Gasteiger partial charge in [0.25, 0.3) is 0 Å². The first kappa shape index (κ1) is 15.8.